The van der Waals surface area contributed by atoms with E-state index >= 15 is 0 Å². The summed E-state index contributed by atoms with van der Waals surface area (Å²) in [4.78, 5) is 14.8. The second-order valence-electron chi connectivity index (χ2n) is 8.60. The molecule has 2 aliphatic rings. The van der Waals surface area contributed by atoms with E-state index in [2.05, 4.69) is 51.8 Å². The molecule has 0 radical (unpaired) electrons. The van der Waals surface area contributed by atoms with Gasteiger partial charge >= 0.3 is 0 Å². The number of hydrogen-bond donors (Lipinski definition) is 1. The molecule has 2 fully saturated rings. The van der Waals surface area contributed by atoms with Crippen LogP contribution in [0.15, 0.2) is 0 Å². The molecular formula is C17H32N2O. The Morgan fingerprint density at radius 1 is 1.25 bits per heavy atom. The highest BCUT2D eigenvalue weighted by Gasteiger charge is 2.45. The van der Waals surface area contributed by atoms with Crippen molar-refractivity contribution in [3.63, 3.8) is 0 Å². The van der Waals surface area contributed by atoms with Gasteiger partial charge in [-0.15, -0.1) is 0 Å². The number of nitrogens with one attached hydrogen (secondary N) is 1. The summed E-state index contributed by atoms with van der Waals surface area (Å²) in [7, 11) is 0. The molecule has 116 valence electrons. The van der Waals surface area contributed by atoms with Crippen LogP contribution in [0.3, 0.4) is 0 Å². The van der Waals surface area contributed by atoms with Gasteiger partial charge in [-0.05, 0) is 36.0 Å². The summed E-state index contributed by atoms with van der Waals surface area (Å²) >= 11 is 0. The van der Waals surface area contributed by atoms with Gasteiger partial charge in [0.1, 0.15) is 0 Å². The fourth-order valence-corrected chi connectivity index (χ4v) is 4.54. The Labute approximate surface area is 124 Å². The van der Waals surface area contributed by atoms with Crippen LogP contribution in [0.2, 0.25) is 0 Å². The van der Waals surface area contributed by atoms with Crippen molar-refractivity contribution >= 4 is 5.91 Å². The van der Waals surface area contributed by atoms with Crippen LogP contribution < -0.4 is 5.32 Å². The highest BCUT2D eigenvalue weighted by atomic mass is 16.2. The van der Waals surface area contributed by atoms with Gasteiger partial charge in [-0.3, -0.25) is 10.1 Å². The molecule has 1 saturated carbocycles. The highest BCUT2D eigenvalue weighted by Crippen LogP contribution is 2.47. The maximum Gasteiger partial charge on any atom is 0.241 e. The summed E-state index contributed by atoms with van der Waals surface area (Å²) in [5.41, 5.74) is 0.669. The lowest BCUT2D eigenvalue weighted by Gasteiger charge is -2.47. The van der Waals surface area contributed by atoms with Crippen molar-refractivity contribution in [1.29, 1.82) is 0 Å². The Balaban J connectivity index is 2.10. The van der Waals surface area contributed by atoms with Crippen molar-refractivity contribution in [3.05, 3.63) is 0 Å². The first-order chi connectivity index (χ1) is 9.15. The van der Waals surface area contributed by atoms with Gasteiger partial charge in [-0.2, -0.15) is 0 Å². The third-order valence-electron chi connectivity index (χ3n) is 5.22. The Morgan fingerprint density at radius 3 is 2.30 bits per heavy atom. The number of rotatable bonds is 3. The van der Waals surface area contributed by atoms with Crippen LogP contribution in [0.5, 0.6) is 0 Å². The second-order valence-corrected chi connectivity index (χ2v) is 8.60. The van der Waals surface area contributed by atoms with Gasteiger partial charge in [0.05, 0.1) is 12.7 Å². The molecule has 1 saturated heterocycles. The first-order valence-electron chi connectivity index (χ1n) is 8.19. The molecule has 2 rings (SSSR count). The van der Waals surface area contributed by atoms with Crippen LogP contribution >= 0.6 is 0 Å². The summed E-state index contributed by atoms with van der Waals surface area (Å²) in [6, 6.07) is 0.441. The van der Waals surface area contributed by atoms with Crippen molar-refractivity contribution in [2.24, 2.45) is 16.7 Å². The van der Waals surface area contributed by atoms with Crippen LogP contribution in [-0.4, -0.2) is 29.6 Å². The molecule has 1 aliphatic carbocycles. The molecule has 1 amide bonds. The molecule has 1 aliphatic heterocycles. The minimum Gasteiger partial charge on any atom is -0.326 e. The lowest BCUT2D eigenvalue weighted by atomic mass is 9.63. The Bertz CT molecular complexity index is 359. The maximum atomic E-state index is 12.7. The predicted octanol–water partition coefficient (Wildman–Crippen LogP) is 3.40. The summed E-state index contributed by atoms with van der Waals surface area (Å²) in [6.07, 6.45) is 4.58. The summed E-state index contributed by atoms with van der Waals surface area (Å²) in [5.74, 6) is 0.759. The minimum atomic E-state index is 0.0353. The molecular weight excluding hydrogens is 248 g/mol. The molecule has 1 N–H and O–H groups in total. The normalized spacial score (nSPS) is 31.6. The average molecular weight is 280 g/mol. The van der Waals surface area contributed by atoms with Crippen molar-refractivity contribution in [2.45, 2.75) is 79.3 Å². The zero-order valence-corrected chi connectivity index (χ0v) is 14.1. The Hall–Kier alpha value is -0.570. The number of hydrogen-bond acceptors (Lipinski definition) is 2. The topological polar surface area (TPSA) is 32.3 Å². The van der Waals surface area contributed by atoms with Gasteiger partial charge in [-0.25, -0.2) is 0 Å². The quantitative estimate of drug-likeness (QED) is 0.859. The van der Waals surface area contributed by atoms with E-state index in [4.69, 9.17) is 0 Å². The van der Waals surface area contributed by atoms with Gasteiger partial charge in [0.25, 0.3) is 0 Å². The van der Waals surface area contributed by atoms with Crippen LogP contribution in [0, 0.1) is 16.7 Å². The SMILES string of the molecule is CCC(C)C1NCN(C2CC(C)(C)CC(C)(C)C2)C1=O. The van der Waals surface area contributed by atoms with Crippen molar-refractivity contribution in [1.82, 2.24) is 10.2 Å². The molecule has 3 nitrogen and oxygen atoms in total. The lowest BCUT2D eigenvalue weighted by molar-refractivity contribution is -0.134. The first-order valence-corrected chi connectivity index (χ1v) is 8.19. The van der Waals surface area contributed by atoms with Crippen molar-refractivity contribution < 1.29 is 4.79 Å². The fourth-order valence-electron chi connectivity index (χ4n) is 4.54. The summed E-state index contributed by atoms with van der Waals surface area (Å²) in [6.45, 7) is 14.5. The highest BCUT2D eigenvalue weighted by molar-refractivity contribution is 5.84. The van der Waals surface area contributed by atoms with Crippen LogP contribution in [-0.2, 0) is 4.79 Å². The van der Waals surface area contributed by atoms with Gasteiger partial charge < -0.3 is 4.90 Å². The number of amides is 1. The molecule has 2 unspecified atom stereocenters. The van der Waals surface area contributed by atoms with E-state index in [0.29, 0.717) is 28.7 Å². The number of carbonyl (C=O) groups is 1. The Morgan fingerprint density at radius 2 is 1.80 bits per heavy atom. The largest absolute Gasteiger partial charge is 0.326 e. The standard InChI is InChI=1S/C17H32N2O/c1-7-12(2)14-15(20)19(11-18-14)13-8-16(3,4)10-17(5,6)9-13/h12-14,18H,7-11H2,1-6H3. The van der Waals surface area contributed by atoms with Crippen molar-refractivity contribution in [3.8, 4) is 0 Å². The number of nitrogens with zero attached hydrogens (tertiary/aromatic N) is 1. The van der Waals surface area contributed by atoms with Gasteiger partial charge in [-0.1, -0.05) is 48.0 Å². The third-order valence-corrected chi connectivity index (χ3v) is 5.22. The van der Waals surface area contributed by atoms with Gasteiger partial charge in [0, 0.05) is 6.04 Å². The molecule has 0 bridgehead atoms. The van der Waals surface area contributed by atoms with E-state index in [1.807, 2.05) is 0 Å². The molecule has 1 heterocycles. The van der Waals surface area contributed by atoms with E-state index in [1.54, 1.807) is 0 Å². The molecule has 0 aromatic heterocycles. The smallest absolute Gasteiger partial charge is 0.241 e. The molecule has 3 heteroatoms. The van der Waals surface area contributed by atoms with E-state index in [9.17, 15) is 4.79 Å². The van der Waals surface area contributed by atoms with E-state index in [0.717, 1.165) is 25.9 Å². The zero-order valence-electron chi connectivity index (χ0n) is 14.1. The van der Waals surface area contributed by atoms with Crippen LogP contribution in [0.1, 0.15) is 67.2 Å². The molecule has 0 aromatic rings. The first kappa shape index (κ1) is 15.8. The molecule has 0 spiro atoms. The summed E-state index contributed by atoms with van der Waals surface area (Å²) in [5, 5.41) is 3.44. The summed E-state index contributed by atoms with van der Waals surface area (Å²) < 4.78 is 0. The minimum absolute atomic E-state index is 0.0353. The molecule has 20 heavy (non-hydrogen) atoms. The predicted molar refractivity (Wildman–Crippen MR) is 83.3 cm³/mol. The van der Waals surface area contributed by atoms with Gasteiger partial charge in [0.15, 0.2) is 0 Å². The number of carbonyl (C=O) groups excluding carboxylic acids is 1. The third kappa shape index (κ3) is 3.19. The van der Waals surface area contributed by atoms with Gasteiger partial charge in [0.2, 0.25) is 5.91 Å². The lowest BCUT2D eigenvalue weighted by Crippen LogP contribution is -2.48. The fraction of sp³-hybridized carbons (Fsp3) is 0.941. The Kier molecular flexibility index (Phi) is 4.21. The average Bonchev–Trinajstić information content (AvgIpc) is 2.66. The van der Waals surface area contributed by atoms with E-state index in [1.165, 1.54) is 6.42 Å². The second kappa shape index (κ2) is 5.32. The molecule has 2 atom stereocenters. The molecule has 0 aromatic carbocycles. The monoisotopic (exact) mass is 280 g/mol. The van der Waals surface area contributed by atoms with E-state index in [-0.39, 0.29) is 6.04 Å². The van der Waals surface area contributed by atoms with E-state index < -0.39 is 0 Å². The zero-order chi connectivity index (χ0) is 15.1. The van der Waals surface area contributed by atoms with Crippen LogP contribution in [0.25, 0.3) is 0 Å². The maximum absolute atomic E-state index is 12.7. The van der Waals surface area contributed by atoms with Crippen LogP contribution in [0.4, 0.5) is 0 Å². The van der Waals surface area contributed by atoms with Crippen molar-refractivity contribution in [2.75, 3.05) is 6.67 Å².